The van der Waals surface area contributed by atoms with Gasteiger partial charge in [-0.05, 0) is 18.6 Å². The molecular formula is C13H13NO2. The first-order valence-corrected chi connectivity index (χ1v) is 5.46. The van der Waals surface area contributed by atoms with Crippen molar-refractivity contribution in [1.29, 1.82) is 0 Å². The summed E-state index contributed by atoms with van der Waals surface area (Å²) in [6.45, 7) is 4.17. The average Bonchev–Trinajstić information content (AvgIpc) is 2.62. The van der Waals surface area contributed by atoms with Gasteiger partial charge in [0.1, 0.15) is 0 Å². The molecule has 1 aliphatic heterocycles. The Kier molecular flexibility index (Phi) is 2.07. The third-order valence-electron chi connectivity index (χ3n) is 3.19. The van der Waals surface area contributed by atoms with Gasteiger partial charge >= 0.3 is 0 Å². The van der Waals surface area contributed by atoms with Crippen molar-refractivity contribution in [2.45, 2.75) is 20.1 Å². The first-order valence-electron chi connectivity index (χ1n) is 5.46. The van der Waals surface area contributed by atoms with E-state index in [0.717, 1.165) is 41.6 Å². The molecule has 1 aliphatic rings. The van der Waals surface area contributed by atoms with Crippen LogP contribution in [0.2, 0.25) is 0 Å². The molecule has 0 atom stereocenters. The van der Waals surface area contributed by atoms with Crippen LogP contribution in [0.4, 0.5) is 0 Å². The lowest BCUT2D eigenvalue weighted by Gasteiger charge is -2.17. The van der Waals surface area contributed by atoms with E-state index in [4.69, 9.17) is 4.74 Å². The number of nitrogens with zero attached hydrogens (tertiary/aromatic N) is 1. The number of carbonyl (C=O) groups excluding carboxylic acids is 1. The van der Waals surface area contributed by atoms with Gasteiger partial charge in [0.15, 0.2) is 6.29 Å². The third-order valence-corrected chi connectivity index (χ3v) is 3.19. The van der Waals surface area contributed by atoms with E-state index in [1.54, 1.807) is 0 Å². The second-order valence-corrected chi connectivity index (χ2v) is 4.20. The van der Waals surface area contributed by atoms with Crippen LogP contribution in [0.5, 0.6) is 0 Å². The maximum absolute atomic E-state index is 11.2. The summed E-state index contributed by atoms with van der Waals surface area (Å²) in [5, 5.41) is 1.04. The Labute approximate surface area is 93.6 Å². The van der Waals surface area contributed by atoms with Crippen LogP contribution >= 0.6 is 0 Å². The zero-order valence-corrected chi connectivity index (χ0v) is 9.19. The van der Waals surface area contributed by atoms with E-state index in [1.807, 2.05) is 12.1 Å². The zero-order chi connectivity index (χ0) is 11.1. The molecule has 0 saturated heterocycles. The van der Waals surface area contributed by atoms with Crippen LogP contribution < -0.4 is 0 Å². The maximum atomic E-state index is 11.2. The highest BCUT2D eigenvalue weighted by Crippen LogP contribution is 2.28. The van der Waals surface area contributed by atoms with Gasteiger partial charge in [-0.15, -0.1) is 0 Å². The number of carbonyl (C=O) groups is 1. The van der Waals surface area contributed by atoms with Crippen molar-refractivity contribution in [3.63, 3.8) is 0 Å². The summed E-state index contributed by atoms with van der Waals surface area (Å²) >= 11 is 0. The van der Waals surface area contributed by atoms with Crippen LogP contribution in [0, 0.1) is 6.92 Å². The molecule has 1 aromatic carbocycles. The van der Waals surface area contributed by atoms with Gasteiger partial charge in [-0.2, -0.15) is 0 Å². The fraction of sp³-hybridized carbons (Fsp3) is 0.308. The van der Waals surface area contributed by atoms with E-state index < -0.39 is 0 Å². The molecule has 0 fully saturated rings. The van der Waals surface area contributed by atoms with E-state index >= 15 is 0 Å². The van der Waals surface area contributed by atoms with E-state index in [9.17, 15) is 4.79 Å². The van der Waals surface area contributed by atoms with Gasteiger partial charge in [0.05, 0.1) is 18.9 Å². The number of aryl methyl sites for hydroxylation is 1. The van der Waals surface area contributed by atoms with E-state index in [1.165, 1.54) is 5.56 Å². The van der Waals surface area contributed by atoms with E-state index in [-0.39, 0.29) is 0 Å². The molecule has 3 rings (SSSR count). The average molecular weight is 215 g/mol. The minimum absolute atomic E-state index is 0.543. The molecule has 0 radical (unpaired) electrons. The molecule has 0 spiro atoms. The van der Waals surface area contributed by atoms with Gasteiger partial charge in [0.25, 0.3) is 0 Å². The maximum Gasteiger partial charge on any atom is 0.152 e. The Morgan fingerprint density at radius 2 is 2.31 bits per heavy atom. The molecular weight excluding hydrogens is 202 g/mol. The van der Waals surface area contributed by atoms with Crippen LogP contribution in [0.15, 0.2) is 18.2 Å². The van der Waals surface area contributed by atoms with Crippen molar-refractivity contribution < 1.29 is 9.53 Å². The Bertz CT molecular complexity index is 569. The minimum Gasteiger partial charge on any atom is -0.373 e. The van der Waals surface area contributed by atoms with Crippen molar-refractivity contribution in [3.8, 4) is 0 Å². The number of fused-ring (bicyclic) bond motifs is 3. The van der Waals surface area contributed by atoms with Gasteiger partial charge in [0.2, 0.25) is 0 Å². The number of hydrogen-bond acceptors (Lipinski definition) is 2. The van der Waals surface area contributed by atoms with Crippen molar-refractivity contribution in [2.24, 2.45) is 0 Å². The molecule has 0 unspecified atom stereocenters. The van der Waals surface area contributed by atoms with Crippen LogP contribution in [-0.2, 0) is 17.9 Å². The van der Waals surface area contributed by atoms with Gasteiger partial charge in [0, 0.05) is 23.0 Å². The van der Waals surface area contributed by atoms with Gasteiger partial charge in [-0.25, -0.2) is 0 Å². The Morgan fingerprint density at radius 1 is 1.44 bits per heavy atom. The third kappa shape index (κ3) is 1.21. The van der Waals surface area contributed by atoms with Gasteiger partial charge in [-0.3, -0.25) is 4.79 Å². The standard InChI is InChI=1S/C13H13NO2/c1-9-2-3-10-11(7-15)13-8-16-5-4-14(13)12(10)6-9/h2-3,6-7H,4-5,8H2,1H3. The monoisotopic (exact) mass is 215 g/mol. The number of hydrogen-bond donors (Lipinski definition) is 0. The van der Waals surface area contributed by atoms with Crippen molar-refractivity contribution in [3.05, 3.63) is 35.0 Å². The lowest BCUT2D eigenvalue weighted by atomic mass is 10.1. The van der Waals surface area contributed by atoms with Crippen molar-refractivity contribution in [2.75, 3.05) is 6.61 Å². The fourth-order valence-electron chi connectivity index (χ4n) is 2.41. The van der Waals surface area contributed by atoms with Gasteiger partial charge < -0.3 is 9.30 Å². The predicted molar refractivity (Wildman–Crippen MR) is 61.7 cm³/mol. The minimum atomic E-state index is 0.543. The quantitative estimate of drug-likeness (QED) is 0.683. The first-order chi connectivity index (χ1) is 7.81. The second kappa shape index (κ2) is 3.46. The van der Waals surface area contributed by atoms with Crippen LogP contribution in [0.1, 0.15) is 21.6 Å². The zero-order valence-electron chi connectivity index (χ0n) is 9.19. The van der Waals surface area contributed by atoms with Crippen LogP contribution in [0.3, 0.4) is 0 Å². The molecule has 0 bridgehead atoms. The lowest BCUT2D eigenvalue weighted by molar-refractivity contribution is 0.0849. The summed E-state index contributed by atoms with van der Waals surface area (Å²) in [4.78, 5) is 11.2. The Morgan fingerprint density at radius 3 is 3.12 bits per heavy atom. The Balaban J connectivity index is 2.41. The van der Waals surface area contributed by atoms with E-state index in [0.29, 0.717) is 6.61 Å². The summed E-state index contributed by atoms with van der Waals surface area (Å²) in [5.74, 6) is 0. The molecule has 2 aromatic rings. The smallest absolute Gasteiger partial charge is 0.152 e. The van der Waals surface area contributed by atoms with Crippen LogP contribution in [-0.4, -0.2) is 17.5 Å². The largest absolute Gasteiger partial charge is 0.373 e. The summed E-state index contributed by atoms with van der Waals surface area (Å²) < 4.78 is 7.62. The molecule has 3 heteroatoms. The molecule has 16 heavy (non-hydrogen) atoms. The van der Waals surface area contributed by atoms with E-state index in [2.05, 4.69) is 17.6 Å². The van der Waals surface area contributed by atoms with Gasteiger partial charge in [-0.1, -0.05) is 12.1 Å². The molecule has 2 heterocycles. The number of benzene rings is 1. The van der Waals surface area contributed by atoms with Crippen molar-refractivity contribution >= 4 is 17.2 Å². The summed E-state index contributed by atoms with van der Waals surface area (Å²) in [7, 11) is 0. The molecule has 1 aromatic heterocycles. The summed E-state index contributed by atoms with van der Waals surface area (Å²) in [5.41, 5.74) is 4.17. The Hall–Kier alpha value is -1.61. The molecule has 0 saturated carbocycles. The van der Waals surface area contributed by atoms with Crippen LogP contribution in [0.25, 0.3) is 10.9 Å². The number of aldehydes is 1. The number of aromatic nitrogens is 1. The topological polar surface area (TPSA) is 31.2 Å². The number of rotatable bonds is 1. The predicted octanol–water partition coefficient (Wildman–Crippen LogP) is 2.29. The highest BCUT2D eigenvalue weighted by molar-refractivity contribution is 5.99. The molecule has 82 valence electrons. The molecule has 0 N–H and O–H groups in total. The first kappa shape index (κ1) is 9.60. The molecule has 3 nitrogen and oxygen atoms in total. The normalized spacial score (nSPS) is 15.1. The highest BCUT2D eigenvalue weighted by atomic mass is 16.5. The highest BCUT2D eigenvalue weighted by Gasteiger charge is 2.19. The number of ether oxygens (including phenoxy) is 1. The SMILES string of the molecule is Cc1ccc2c(C=O)c3n(c2c1)CCOC3. The lowest BCUT2D eigenvalue weighted by Crippen LogP contribution is -2.16. The van der Waals surface area contributed by atoms with Crippen molar-refractivity contribution in [1.82, 2.24) is 4.57 Å². The second-order valence-electron chi connectivity index (χ2n) is 4.20. The molecule has 0 aliphatic carbocycles. The molecule has 0 amide bonds. The fourth-order valence-corrected chi connectivity index (χ4v) is 2.41. The summed E-state index contributed by atoms with van der Waals surface area (Å²) in [6, 6.07) is 6.21. The summed E-state index contributed by atoms with van der Waals surface area (Å²) in [6.07, 6.45) is 0.943.